The first-order valence-electron chi connectivity index (χ1n) is 11.7. The van der Waals surface area contributed by atoms with Gasteiger partial charge in [0.25, 0.3) is 0 Å². The van der Waals surface area contributed by atoms with Crippen LogP contribution >= 0.6 is 67.8 Å². The first kappa shape index (κ1) is 25.3. The first-order chi connectivity index (χ1) is 17.9. The molecular weight excluding hydrogens is 805 g/mol. The highest BCUT2D eigenvalue weighted by Gasteiger charge is 2.54. The highest BCUT2D eigenvalue weighted by atomic mass is 127. The molecule has 0 saturated heterocycles. The number of carbonyl (C=O) groups is 2. The van der Waals surface area contributed by atoms with Crippen molar-refractivity contribution in [3.63, 3.8) is 0 Å². The van der Waals surface area contributed by atoms with Gasteiger partial charge in [0.15, 0.2) is 12.2 Å². The Bertz CT molecular complexity index is 1520. The zero-order chi connectivity index (χ0) is 25.7. The fraction of sp³-hybridized carbons (Fsp3) is 0.133. The molecule has 2 bridgehead atoms. The largest absolute Gasteiger partial charge is 0.454 e. The normalized spacial score (nSPS) is 21.1. The molecule has 0 spiro atoms. The number of hydrogen-bond donors (Lipinski definition) is 0. The third kappa shape index (κ3) is 4.60. The second-order valence-electron chi connectivity index (χ2n) is 9.10. The van der Waals surface area contributed by atoms with Crippen LogP contribution in [0.25, 0.3) is 0 Å². The third-order valence-electron chi connectivity index (χ3n) is 7.00. The lowest BCUT2D eigenvalue weighted by atomic mass is 9.61. The number of halogens is 3. The van der Waals surface area contributed by atoms with E-state index in [0.717, 1.165) is 33.0 Å². The lowest BCUT2D eigenvalue weighted by Gasteiger charge is -2.49. The predicted molar refractivity (Wildman–Crippen MR) is 166 cm³/mol. The molecular formula is C30H19I3O4. The quantitative estimate of drug-likeness (QED) is 0.158. The van der Waals surface area contributed by atoms with Gasteiger partial charge in [-0.25, -0.2) is 9.59 Å². The summed E-state index contributed by atoms with van der Waals surface area (Å²) in [6, 6.07) is 28.7. The van der Waals surface area contributed by atoms with Crippen LogP contribution in [0.4, 0.5) is 0 Å². The van der Waals surface area contributed by atoms with E-state index in [9.17, 15) is 9.59 Å². The van der Waals surface area contributed by atoms with Crippen molar-refractivity contribution in [1.82, 2.24) is 0 Å². The van der Waals surface area contributed by atoms with Crippen molar-refractivity contribution in [3.8, 4) is 0 Å². The molecule has 0 N–H and O–H groups in total. The molecule has 0 aliphatic heterocycles. The van der Waals surface area contributed by atoms with Gasteiger partial charge in [-0.2, -0.15) is 0 Å². The summed E-state index contributed by atoms with van der Waals surface area (Å²) in [6.45, 7) is 0. The molecule has 4 nitrogen and oxygen atoms in total. The van der Waals surface area contributed by atoms with Crippen LogP contribution in [0.15, 0.2) is 91.0 Å². The highest BCUT2D eigenvalue weighted by molar-refractivity contribution is 14.1. The molecule has 3 aliphatic rings. The Balaban J connectivity index is 1.51. The average molecular weight is 824 g/mol. The van der Waals surface area contributed by atoms with Gasteiger partial charge in [0, 0.05) is 10.7 Å². The maximum Gasteiger partial charge on any atom is 0.338 e. The summed E-state index contributed by atoms with van der Waals surface area (Å²) >= 11 is 7.02. The van der Waals surface area contributed by atoms with Crippen LogP contribution in [-0.4, -0.2) is 24.1 Å². The molecule has 7 rings (SSSR count). The van der Waals surface area contributed by atoms with E-state index in [1.165, 1.54) is 0 Å². The number of rotatable bonds is 4. The van der Waals surface area contributed by atoms with Crippen LogP contribution in [0.1, 0.15) is 54.8 Å². The van der Waals surface area contributed by atoms with E-state index in [1.54, 1.807) is 24.3 Å². The third-order valence-corrected chi connectivity index (χ3v) is 10.5. The topological polar surface area (TPSA) is 52.6 Å². The molecule has 0 heterocycles. The standard InChI is InChI=1S/C30H19I3O4/c31-18-11-12-19-20(13-18)26-22-15-24(33)23(32)14-21(22)25(19)27(36-29(34)16-7-3-1-4-8-16)28(26)37-30(35)17-9-5-2-6-10-17/h1-15,25-28H/t25-,26-,27?,28?/m0/s1. The van der Waals surface area contributed by atoms with E-state index in [0.29, 0.717) is 11.1 Å². The van der Waals surface area contributed by atoms with Gasteiger partial charge in [-0.15, -0.1) is 0 Å². The van der Waals surface area contributed by atoms with E-state index in [4.69, 9.17) is 9.47 Å². The summed E-state index contributed by atoms with van der Waals surface area (Å²) in [5.41, 5.74) is 5.44. The summed E-state index contributed by atoms with van der Waals surface area (Å²) in [6.07, 6.45) is -1.33. The maximum absolute atomic E-state index is 13.3. The predicted octanol–water partition coefficient (Wildman–Crippen LogP) is 7.54. The van der Waals surface area contributed by atoms with Crippen molar-refractivity contribution < 1.29 is 19.1 Å². The Labute approximate surface area is 255 Å². The minimum Gasteiger partial charge on any atom is -0.454 e. The van der Waals surface area contributed by atoms with Crippen LogP contribution in [-0.2, 0) is 9.47 Å². The molecule has 2 unspecified atom stereocenters. The van der Waals surface area contributed by atoms with Crippen molar-refractivity contribution in [3.05, 3.63) is 135 Å². The van der Waals surface area contributed by atoms with E-state index >= 15 is 0 Å². The molecule has 0 fully saturated rings. The van der Waals surface area contributed by atoms with Gasteiger partial charge >= 0.3 is 11.9 Å². The van der Waals surface area contributed by atoms with Crippen molar-refractivity contribution in [2.75, 3.05) is 0 Å². The SMILES string of the molecule is O=C(OC1C(OC(=O)c2ccccc2)[C@H]2c3cc(I)ccc3[C@H]1c1cc(I)c(I)cc12)c1ccccc1. The molecule has 0 radical (unpaired) electrons. The van der Waals surface area contributed by atoms with Crippen molar-refractivity contribution >= 4 is 79.7 Å². The van der Waals surface area contributed by atoms with Gasteiger partial charge in [-0.3, -0.25) is 0 Å². The number of carbonyl (C=O) groups excluding carboxylic acids is 2. The van der Waals surface area contributed by atoms with Crippen LogP contribution in [0.3, 0.4) is 0 Å². The Morgan fingerprint density at radius 1 is 0.541 bits per heavy atom. The zero-order valence-corrected chi connectivity index (χ0v) is 25.7. The summed E-state index contributed by atoms with van der Waals surface area (Å²) in [5, 5.41) is 0. The number of hydrogen-bond acceptors (Lipinski definition) is 4. The fourth-order valence-electron chi connectivity index (χ4n) is 5.44. The van der Waals surface area contributed by atoms with Gasteiger partial charge in [-0.1, -0.05) is 42.5 Å². The van der Waals surface area contributed by atoms with E-state index in [1.807, 2.05) is 36.4 Å². The molecule has 4 aromatic carbocycles. The minimum absolute atomic E-state index is 0.251. The smallest absolute Gasteiger partial charge is 0.338 e. The lowest BCUT2D eigenvalue weighted by molar-refractivity contribution is -0.0557. The molecule has 7 heteroatoms. The molecule has 0 amide bonds. The van der Waals surface area contributed by atoms with Gasteiger partial charge in [0.2, 0.25) is 0 Å². The van der Waals surface area contributed by atoms with Gasteiger partial charge < -0.3 is 9.47 Å². The van der Waals surface area contributed by atoms with Crippen LogP contribution in [0, 0.1) is 10.7 Å². The highest BCUT2D eigenvalue weighted by Crippen LogP contribution is 2.56. The van der Waals surface area contributed by atoms with Crippen LogP contribution in [0.5, 0.6) is 0 Å². The zero-order valence-electron chi connectivity index (χ0n) is 19.2. The average Bonchev–Trinajstić information content (AvgIpc) is 2.91. The van der Waals surface area contributed by atoms with E-state index in [-0.39, 0.29) is 11.8 Å². The number of benzene rings is 4. The fourth-order valence-corrected chi connectivity index (χ4v) is 6.94. The summed E-state index contributed by atoms with van der Waals surface area (Å²) in [4.78, 5) is 26.7. The van der Waals surface area contributed by atoms with Crippen LogP contribution < -0.4 is 0 Å². The van der Waals surface area contributed by atoms with Crippen molar-refractivity contribution in [2.45, 2.75) is 24.0 Å². The number of esters is 2. The second kappa shape index (κ2) is 10.3. The molecule has 4 atom stereocenters. The van der Waals surface area contributed by atoms with Gasteiger partial charge in [0.1, 0.15) is 0 Å². The summed E-state index contributed by atoms with van der Waals surface area (Å²) in [7, 11) is 0. The minimum atomic E-state index is -0.667. The molecule has 184 valence electrons. The number of fused-ring (bicyclic) bond motifs is 1. The monoisotopic (exact) mass is 824 g/mol. The Kier molecular flexibility index (Phi) is 7.04. The van der Waals surface area contributed by atoms with Gasteiger partial charge in [-0.05, 0) is 139 Å². The lowest BCUT2D eigenvalue weighted by Crippen LogP contribution is -2.51. The second-order valence-corrected chi connectivity index (χ2v) is 12.7. The Morgan fingerprint density at radius 2 is 0.973 bits per heavy atom. The Hall–Kier alpha value is -1.99. The van der Waals surface area contributed by atoms with E-state index in [2.05, 4.69) is 98.1 Å². The van der Waals surface area contributed by atoms with Crippen molar-refractivity contribution in [1.29, 1.82) is 0 Å². The van der Waals surface area contributed by atoms with Gasteiger partial charge in [0.05, 0.1) is 23.0 Å². The number of ether oxygens (including phenoxy) is 2. The Morgan fingerprint density at radius 3 is 1.46 bits per heavy atom. The summed E-state index contributed by atoms with van der Waals surface area (Å²) in [5.74, 6) is -1.35. The van der Waals surface area contributed by atoms with Crippen LogP contribution in [0.2, 0.25) is 0 Å². The molecule has 3 aliphatic carbocycles. The first-order valence-corrected chi connectivity index (χ1v) is 15.0. The molecule has 37 heavy (non-hydrogen) atoms. The van der Waals surface area contributed by atoms with Crippen molar-refractivity contribution in [2.24, 2.45) is 0 Å². The molecule has 0 saturated carbocycles. The maximum atomic E-state index is 13.3. The molecule has 0 aromatic heterocycles. The molecule has 4 aromatic rings. The summed E-state index contributed by atoms with van der Waals surface area (Å²) < 4.78 is 15.9. The van der Waals surface area contributed by atoms with E-state index < -0.39 is 24.1 Å².